The molecule has 2 aromatic carbocycles. The van der Waals surface area contributed by atoms with E-state index in [-0.39, 0.29) is 18.4 Å². The van der Waals surface area contributed by atoms with Crippen LogP contribution >= 0.6 is 0 Å². The first-order chi connectivity index (χ1) is 16.9. The van der Waals surface area contributed by atoms with E-state index in [1.54, 1.807) is 11.8 Å². The second-order valence-corrected chi connectivity index (χ2v) is 10.1. The molecule has 184 valence electrons. The van der Waals surface area contributed by atoms with Crippen LogP contribution in [0.25, 0.3) is 11.1 Å². The predicted molar refractivity (Wildman–Crippen MR) is 131 cm³/mol. The number of carbonyl (C=O) groups is 3. The van der Waals surface area contributed by atoms with Crippen molar-refractivity contribution in [3.05, 3.63) is 59.7 Å². The van der Waals surface area contributed by atoms with Gasteiger partial charge in [-0.1, -0.05) is 61.4 Å². The lowest BCUT2D eigenvalue weighted by Gasteiger charge is -2.42. The number of amides is 2. The van der Waals surface area contributed by atoms with Crippen molar-refractivity contribution < 1.29 is 24.2 Å². The number of benzene rings is 2. The van der Waals surface area contributed by atoms with Gasteiger partial charge in [0.05, 0.1) is 5.92 Å². The van der Waals surface area contributed by atoms with Crippen LogP contribution < -0.4 is 5.32 Å². The Morgan fingerprint density at radius 2 is 1.60 bits per heavy atom. The van der Waals surface area contributed by atoms with Crippen molar-refractivity contribution in [2.75, 3.05) is 13.2 Å². The topological polar surface area (TPSA) is 95.9 Å². The number of nitrogens with zero attached hydrogens (tertiary/aromatic N) is 1. The van der Waals surface area contributed by atoms with Crippen LogP contribution in [0.15, 0.2) is 48.5 Å². The molecule has 2 amide bonds. The molecule has 2 aromatic rings. The van der Waals surface area contributed by atoms with Crippen LogP contribution in [0, 0.1) is 5.92 Å². The fourth-order valence-electron chi connectivity index (χ4n) is 6.24. The van der Waals surface area contributed by atoms with Gasteiger partial charge < -0.3 is 20.1 Å². The maximum Gasteiger partial charge on any atom is 0.408 e. The van der Waals surface area contributed by atoms with E-state index in [9.17, 15) is 19.5 Å². The third-order valence-corrected chi connectivity index (χ3v) is 8.12. The molecule has 2 fully saturated rings. The number of aliphatic carboxylic acids is 1. The molecule has 1 aliphatic heterocycles. The molecule has 1 saturated carbocycles. The molecule has 2 aliphatic carbocycles. The van der Waals surface area contributed by atoms with Crippen molar-refractivity contribution in [3.8, 4) is 11.1 Å². The second-order valence-electron chi connectivity index (χ2n) is 10.1. The summed E-state index contributed by atoms with van der Waals surface area (Å²) >= 11 is 0. The number of alkyl carbamates (subject to hydrolysis) is 1. The van der Waals surface area contributed by atoms with Crippen LogP contribution in [-0.4, -0.2) is 52.7 Å². The summed E-state index contributed by atoms with van der Waals surface area (Å²) in [6, 6.07) is 15.9. The first-order valence-corrected chi connectivity index (χ1v) is 12.6. The number of piperidine rings is 1. The number of hydrogen-bond acceptors (Lipinski definition) is 4. The number of nitrogens with one attached hydrogen (secondary N) is 1. The van der Waals surface area contributed by atoms with E-state index in [2.05, 4.69) is 29.6 Å². The van der Waals surface area contributed by atoms with E-state index < -0.39 is 29.6 Å². The lowest BCUT2D eigenvalue weighted by Crippen LogP contribution is -2.62. The van der Waals surface area contributed by atoms with Crippen LogP contribution in [-0.2, 0) is 14.3 Å². The Bertz CT molecular complexity index is 1090. The predicted octanol–water partition coefficient (Wildman–Crippen LogP) is 4.55. The summed E-state index contributed by atoms with van der Waals surface area (Å²) in [6.07, 6.45) is 3.36. The molecule has 7 nitrogen and oxygen atoms in total. The van der Waals surface area contributed by atoms with E-state index >= 15 is 0 Å². The molecule has 0 radical (unpaired) electrons. The molecule has 1 saturated heterocycles. The van der Waals surface area contributed by atoms with Gasteiger partial charge in [0.2, 0.25) is 5.91 Å². The zero-order chi connectivity index (χ0) is 24.6. The maximum absolute atomic E-state index is 13.7. The van der Waals surface area contributed by atoms with E-state index in [4.69, 9.17) is 4.74 Å². The van der Waals surface area contributed by atoms with Gasteiger partial charge in [-0.25, -0.2) is 4.79 Å². The van der Waals surface area contributed by atoms with Crippen LogP contribution in [0.5, 0.6) is 0 Å². The van der Waals surface area contributed by atoms with Crippen molar-refractivity contribution >= 4 is 18.0 Å². The first-order valence-electron chi connectivity index (χ1n) is 12.6. The van der Waals surface area contributed by atoms with Crippen molar-refractivity contribution in [1.82, 2.24) is 10.2 Å². The van der Waals surface area contributed by atoms with Gasteiger partial charge in [-0.3, -0.25) is 9.59 Å². The number of ether oxygens (including phenoxy) is 1. The van der Waals surface area contributed by atoms with Gasteiger partial charge in [-0.2, -0.15) is 0 Å². The van der Waals surface area contributed by atoms with Gasteiger partial charge in [0.15, 0.2) is 0 Å². The standard InChI is InChI=1S/C28H32N2O5/c1-18-19(25(31)32)13-8-16-30(18)26(33)28(14-6-7-15-28)29-27(34)35-17-24-22-11-4-2-9-20(22)21-10-3-5-12-23(21)24/h2-5,9-12,18-19,24H,6-8,13-17H2,1H3,(H,29,34)(H,31,32)/t18-,19-/m0/s1. The van der Waals surface area contributed by atoms with E-state index in [0.717, 1.165) is 35.1 Å². The number of carboxylic acids is 1. The third kappa shape index (κ3) is 4.17. The minimum absolute atomic E-state index is 0.0539. The number of carboxylic acid groups (broad SMARTS) is 1. The minimum Gasteiger partial charge on any atom is -0.481 e. The normalized spacial score (nSPS) is 22.8. The van der Waals surface area contributed by atoms with Gasteiger partial charge >= 0.3 is 12.1 Å². The summed E-state index contributed by atoms with van der Waals surface area (Å²) < 4.78 is 5.74. The SMILES string of the molecule is C[C@H]1[C@@H](C(=O)O)CCCN1C(=O)C1(NC(=O)OCC2c3ccccc3-c3ccccc32)CCCC1. The third-order valence-electron chi connectivity index (χ3n) is 8.12. The number of fused-ring (bicyclic) bond motifs is 3. The highest BCUT2D eigenvalue weighted by Crippen LogP contribution is 2.44. The van der Waals surface area contributed by atoms with Gasteiger partial charge in [0.25, 0.3) is 0 Å². The largest absolute Gasteiger partial charge is 0.481 e. The lowest BCUT2D eigenvalue weighted by molar-refractivity contribution is -0.151. The van der Waals surface area contributed by atoms with E-state index in [0.29, 0.717) is 32.2 Å². The van der Waals surface area contributed by atoms with Gasteiger partial charge in [-0.05, 0) is 54.9 Å². The van der Waals surface area contributed by atoms with Crippen molar-refractivity contribution in [2.45, 2.75) is 62.9 Å². The molecule has 7 heteroatoms. The van der Waals surface area contributed by atoms with Crippen molar-refractivity contribution in [3.63, 3.8) is 0 Å². The summed E-state index contributed by atoms with van der Waals surface area (Å²) in [5.41, 5.74) is 3.56. The quantitative estimate of drug-likeness (QED) is 0.660. The maximum atomic E-state index is 13.7. The summed E-state index contributed by atoms with van der Waals surface area (Å²) in [6.45, 7) is 2.50. The average Bonchev–Trinajstić information content (AvgIpc) is 3.46. The minimum atomic E-state index is -1.03. The Morgan fingerprint density at radius 1 is 1.00 bits per heavy atom. The Morgan fingerprint density at radius 3 is 2.20 bits per heavy atom. The summed E-state index contributed by atoms with van der Waals surface area (Å²) in [7, 11) is 0. The number of rotatable bonds is 5. The molecule has 0 unspecified atom stereocenters. The Kier molecular flexibility index (Phi) is 6.26. The number of hydrogen-bond donors (Lipinski definition) is 2. The molecular weight excluding hydrogens is 444 g/mol. The average molecular weight is 477 g/mol. The first kappa shape index (κ1) is 23.4. The van der Waals surface area contributed by atoms with E-state index in [1.165, 1.54) is 0 Å². The molecule has 2 N–H and O–H groups in total. The molecule has 0 bridgehead atoms. The van der Waals surface area contributed by atoms with Gasteiger partial charge in [0.1, 0.15) is 12.1 Å². The van der Waals surface area contributed by atoms with Crippen molar-refractivity contribution in [2.24, 2.45) is 5.92 Å². The summed E-state index contributed by atoms with van der Waals surface area (Å²) in [5.74, 6) is -1.69. The zero-order valence-corrected chi connectivity index (χ0v) is 20.0. The fourth-order valence-corrected chi connectivity index (χ4v) is 6.24. The van der Waals surface area contributed by atoms with Gasteiger partial charge in [-0.15, -0.1) is 0 Å². The zero-order valence-electron chi connectivity index (χ0n) is 20.0. The van der Waals surface area contributed by atoms with Gasteiger partial charge in [0, 0.05) is 18.5 Å². The van der Waals surface area contributed by atoms with Crippen molar-refractivity contribution in [1.29, 1.82) is 0 Å². The monoisotopic (exact) mass is 476 g/mol. The van der Waals surface area contributed by atoms with Crippen LogP contribution in [0.2, 0.25) is 0 Å². The van der Waals surface area contributed by atoms with Crippen LogP contribution in [0.3, 0.4) is 0 Å². The summed E-state index contributed by atoms with van der Waals surface area (Å²) in [4.78, 5) is 40.0. The number of likely N-dealkylation sites (tertiary alicyclic amines) is 1. The Balaban J connectivity index is 1.30. The van der Waals surface area contributed by atoms with Crippen LogP contribution in [0.4, 0.5) is 4.79 Å². The molecule has 3 aliphatic rings. The smallest absolute Gasteiger partial charge is 0.408 e. The number of carbonyl (C=O) groups excluding carboxylic acids is 2. The fraction of sp³-hybridized carbons (Fsp3) is 0.464. The highest BCUT2D eigenvalue weighted by atomic mass is 16.5. The molecule has 5 rings (SSSR count). The lowest BCUT2D eigenvalue weighted by atomic mass is 9.87. The van der Waals surface area contributed by atoms with E-state index in [1.807, 2.05) is 24.3 Å². The molecular formula is C28H32N2O5. The molecule has 35 heavy (non-hydrogen) atoms. The molecule has 1 heterocycles. The highest BCUT2D eigenvalue weighted by molar-refractivity contribution is 5.91. The van der Waals surface area contributed by atoms with Crippen LogP contribution in [0.1, 0.15) is 62.5 Å². The second kappa shape index (κ2) is 9.36. The highest BCUT2D eigenvalue weighted by Gasteiger charge is 2.48. The molecule has 0 aromatic heterocycles. The molecule has 2 atom stereocenters. The Labute approximate surface area is 205 Å². The Hall–Kier alpha value is -3.35. The molecule has 0 spiro atoms. The summed E-state index contributed by atoms with van der Waals surface area (Å²) in [5, 5.41) is 12.5.